The predicted octanol–water partition coefficient (Wildman–Crippen LogP) is 7.99. The molecule has 0 unspecified atom stereocenters. The van der Waals surface area contributed by atoms with E-state index >= 15 is 0 Å². The Morgan fingerprint density at radius 2 is 1.15 bits per heavy atom. The first-order valence-electron chi connectivity index (χ1n) is 18.5. The summed E-state index contributed by atoms with van der Waals surface area (Å²) in [4.78, 5) is 35.3. The molecule has 0 spiro atoms. The Morgan fingerprint density at radius 1 is 0.704 bits per heavy atom. The van der Waals surface area contributed by atoms with Crippen LogP contribution in [0.25, 0.3) is 0 Å². The zero-order valence-corrected chi connectivity index (χ0v) is 31.4. The summed E-state index contributed by atoms with van der Waals surface area (Å²) in [7, 11) is 0. The third kappa shape index (κ3) is 12.1. The molecule has 0 radical (unpaired) electrons. The van der Waals surface area contributed by atoms with Gasteiger partial charge in [-0.05, 0) is 85.3 Å². The summed E-state index contributed by atoms with van der Waals surface area (Å²) < 4.78 is 41.5. The summed E-state index contributed by atoms with van der Waals surface area (Å²) in [5.41, 5.74) is 2.28. The van der Waals surface area contributed by atoms with Crippen LogP contribution in [0.1, 0.15) is 76.3 Å². The number of halogens is 2. The third-order valence-corrected chi connectivity index (χ3v) is 9.46. The molecular weight excluding hydrogens is 694 g/mol. The van der Waals surface area contributed by atoms with Crippen molar-refractivity contribution in [1.82, 2.24) is 9.97 Å². The SMILES string of the molecule is CC(=O)C[C@@H](C)c1ccc(O[C@@H]2CCN(c3ccc(O)cn3)C2)cc1.CC(=O)C[C@@H](C)c1ccc(O[C@@H]2CCN(c3ccc(OCC(F)F)cn3)C2)cc1. The van der Waals surface area contributed by atoms with Crippen LogP contribution >= 0.6 is 0 Å². The topological polar surface area (TPSA) is 114 Å². The quantitative estimate of drug-likeness (QED) is 0.129. The molecule has 2 aromatic heterocycles. The summed E-state index contributed by atoms with van der Waals surface area (Å²) in [6.45, 7) is 9.89. The van der Waals surface area contributed by atoms with Crippen LogP contribution in [0.2, 0.25) is 0 Å². The highest BCUT2D eigenvalue weighted by atomic mass is 19.3. The molecule has 4 aromatic rings. The minimum Gasteiger partial charge on any atom is -0.506 e. The van der Waals surface area contributed by atoms with Crippen molar-refractivity contribution < 1.29 is 37.7 Å². The fourth-order valence-electron chi connectivity index (χ4n) is 6.67. The molecule has 2 aliphatic heterocycles. The monoisotopic (exact) mass is 744 g/mol. The van der Waals surface area contributed by atoms with E-state index in [9.17, 15) is 23.5 Å². The number of aromatic hydroxyl groups is 1. The number of nitrogens with zero attached hydrogens (tertiary/aromatic N) is 4. The molecule has 2 fully saturated rings. The molecule has 10 nitrogen and oxygen atoms in total. The summed E-state index contributed by atoms with van der Waals surface area (Å²) in [5, 5.41) is 9.33. The van der Waals surface area contributed by atoms with Crippen molar-refractivity contribution in [3.05, 3.63) is 96.3 Å². The minimum atomic E-state index is -2.50. The number of hydrogen-bond acceptors (Lipinski definition) is 10. The third-order valence-electron chi connectivity index (χ3n) is 9.46. The summed E-state index contributed by atoms with van der Waals surface area (Å²) in [6, 6.07) is 22.8. The lowest BCUT2D eigenvalue weighted by Crippen LogP contribution is -2.25. The van der Waals surface area contributed by atoms with E-state index in [0.29, 0.717) is 25.1 Å². The van der Waals surface area contributed by atoms with Crippen LogP contribution in [0.3, 0.4) is 0 Å². The van der Waals surface area contributed by atoms with E-state index in [0.717, 1.165) is 66.7 Å². The maximum Gasteiger partial charge on any atom is 0.272 e. The molecule has 2 aromatic carbocycles. The van der Waals surface area contributed by atoms with E-state index < -0.39 is 13.0 Å². The van der Waals surface area contributed by atoms with Crippen molar-refractivity contribution in [2.24, 2.45) is 0 Å². The molecule has 1 N–H and O–H groups in total. The smallest absolute Gasteiger partial charge is 0.272 e. The summed E-state index contributed by atoms with van der Waals surface area (Å²) in [6.07, 6.45) is 3.50. The first-order chi connectivity index (χ1) is 25.9. The summed E-state index contributed by atoms with van der Waals surface area (Å²) >= 11 is 0. The number of hydrogen-bond donors (Lipinski definition) is 1. The Labute approximate surface area is 316 Å². The van der Waals surface area contributed by atoms with Gasteiger partial charge in [-0.2, -0.15) is 0 Å². The molecule has 2 aliphatic rings. The van der Waals surface area contributed by atoms with Crippen LogP contribution in [-0.2, 0) is 9.59 Å². The van der Waals surface area contributed by atoms with Crippen molar-refractivity contribution >= 4 is 23.2 Å². The average Bonchev–Trinajstić information content (AvgIpc) is 3.82. The predicted molar refractivity (Wildman–Crippen MR) is 204 cm³/mol. The van der Waals surface area contributed by atoms with Crippen LogP contribution in [0.15, 0.2) is 85.2 Å². The number of Topliss-reactive ketones (excluding diaryl/α,β-unsaturated/α-hetero) is 2. The Kier molecular flexibility index (Phi) is 14.2. The second-order valence-corrected chi connectivity index (χ2v) is 14.1. The highest BCUT2D eigenvalue weighted by Gasteiger charge is 2.26. The number of ketones is 2. The molecule has 2 saturated heterocycles. The van der Waals surface area contributed by atoms with E-state index in [1.54, 1.807) is 32.0 Å². The van der Waals surface area contributed by atoms with Gasteiger partial charge in [0, 0.05) is 38.8 Å². The van der Waals surface area contributed by atoms with Gasteiger partial charge < -0.3 is 38.7 Å². The molecule has 0 amide bonds. The van der Waals surface area contributed by atoms with Gasteiger partial charge in [0.25, 0.3) is 6.43 Å². The highest BCUT2D eigenvalue weighted by molar-refractivity contribution is 5.76. The lowest BCUT2D eigenvalue weighted by molar-refractivity contribution is -0.118. The second-order valence-electron chi connectivity index (χ2n) is 14.1. The van der Waals surface area contributed by atoms with Crippen molar-refractivity contribution in [1.29, 1.82) is 0 Å². The molecule has 4 heterocycles. The fourth-order valence-corrected chi connectivity index (χ4v) is 6.67. The molecule has 0 aliphatic carbocycles. The molecule has 0 saturated carbocycles. The zero-order chi connectivity index (χ0) is 38.6. The molecule has 12 heteroatoms. The lowest BCUT2D eigenvalue weighted by atomic mass is 9.96. The fraction of sp³-hybridized carbons (Fsp3) is 0.429. The Balaban J connectivity index is 0.000000210. The van der Waals surface area contributed by atoms with Gasteiger partial charge in [0.05, 0.1) is 25.5 Å². The van der Waals surface area contributed by atoms with E-state index in [-0.39, 0.29) is 41.4 Å². The van der Waals surface area contributed by atoms with Crippen molar-refractivity contribution in [2.75, 3.05) is 42.6 Å². The zero-order valence-electron chi connectivity index (χ0n) is 31.4. The maximum atomic E-state index is 12.2. The number of alkyl halides is 2. The van der Waals surface area contributed by atoms with E-state index in [1.165, 1.54) is 12.4 Å². The minimum absolute atomic E-state index is 0.0482. The van der Waals surface area contributed by atoms with Crippen molar-refractivity contribution in [3.63, 3.8) is 0 Å². The number of pyridine rings is 2. The normalized spacial score (nSPS) is 17.8. The number of anilines is 2. The van der Waals surface area contributed by atoms with Crippen molar-refractivity contribution in [2.45, 2.75) is 83.8 Å². The van der Waals surface area contributed by atoms with Gasteiger partial charge in [-0.15, -0.1) is 0 Å². The number of ether oxygens (including phenoxy) is 3. The highest BCUT2D eigenvalue weighted by Crippen LogP contribution is 2.28. The Hall–Kier alpha value is -5.26. The van der Waals surface area contributed by atoms with Gasteiger partial charge in [0.2, 0.25) is 0 Å². The number of carbonyl (C=O) groups is 2. The van der Waals surface area contributed by atoms with E-state index in [1.807, 2.05) is 61.5 Å². The standard InChI is InChI=1S/C22H26F2N2O3.C20H24N2O3/c1-15(11-16(2)27)17-3-5-18(6-4-17)29-20-9-10-26(13-20)22-8-7-19(12-25-22)28-14-21(23)24;1-14(11-15(2)23)16-3-6-18(7-4-16)25-19-9-10-22(13-19)20-8-5-17(24)12-21-20/h3-8,12,15,20-21H,9-11,13-14H2,1-2H3;3-8,12,14,19,24H,9-11,13H2,1-2H3/t15-,20-;14-,19-/m11/s1. The first kappa shape index (κ1) is 39.9. The van der Waals surface area contributed by atoms with E-state index in [4.69, 9.17) is 14.2 Å². The van der Waals surface area contributed by atoms with Gasteiger partial charge in [-0.25, -0.2) is 18.7 Å². The van der Waals surface area contributed by atoms with Crippen LogP contribution in [-0.4, -0.2) is 78.1 Å². The van der Waals surface area contributed by atoms with Gasteiger partial charge in [-0.3, -0.25) is 0 Å². The number of rotatable bonds is 15. The molecule has 6 rings (SSSR count). The Bertz CT molecular complexity index is 1780. The van der Waals surface area contributed by atoms with Gasteiger partial charge >= 0.3 is 0 Å². The second kappa shape index (κ2) is 19.2. The molecule has 4 atom stereocenters. The molecular formula is C42H50F2N4O6. The van der Waals surface area contributed by atoms with Gasteiger partial charge in [0.1, 0.15) is 65.0 Å². The molecule has 0 bridgehead atoms. The van der Waals surface area contributed by atoms with Crippen LogP contribution in [0, 0.1) is 0 Å². The maximum absolute atomic E-state index is 12.2. The Morgan fingerprint density at radius 3 is 1.54 bits per heavy atom. The first-order valence-corrected chi connectivity index (χ1v) is 18.5. The number of carbonyl (C=O) groups excluding carboxylic acids is 2. The van der Waals surface area contributed by atoms with Gasteiger partial charge in [0.15, 0.2) is 0 Å². The summed E-state index contributed by atoms with van der Waals surface area (Å²) in [5.74, 6) is 4.62. The number of aromatic nitrogens is 2. The molecule has 54 heavy (non-hydrogen) atoms. The van der Waals surface area contributed by atoms with E-state index in [2.05, 4.69) is 26.7 Å². The van der Waals surface area contributed by atoms with Crippen LogP contribution in [0.4, 0.5) is 20.4 Å². The lowest BCUT2D eigenvalue weighted by Gasteiger charge is -2.18. The molecule has 288 valence electrons. The van der Waals surface area contributed by atoms with Crippen LogP contribution < -0.4 is 24.0 Å². The number of benzene rings is 2. The van der Waals surface area contributed by atoms with Crippen LogP contribution in [0.5, 0.6) is 23.0 Å². The largest absolute Gasteiger partial charge is 0.506 e. The average molecular weight is 745 g/mol. The van der Waals surface area contributed by atoms with Crippen molar-refractivity contribution in [3.8, 4) is 23.0 Å². The van der Waals surface area contributed by atoms with Gasteiger partial charge in [-0.1, -0.05) is 38.1 Å².